The molecule has 0 aromatic carbocycles. The van der Waals surface area contributed by atoms with Crippen LogP contribution in [-0.4, -0.2) is 61.2 Å². The van der Waals surface area contributed by atoms with Crippen LogP contribution in [0.25, 0.3) is 0 Å². The molecule has 1 unspecified atom stereocenters. The molecule has 2 aromatic heterocycles. The van der Waals surface area contributed by atoms with E-state index >= 15 is 0 Å². The molecule has 0 saturated carbocycles. The van der Waals surface area contributed by atoms with Crippen molar-refractivity contribution in [3.05, 3.63) is 36.7 Å². The van der Waals surface area contributed by atoms with Crippen molar-refractivity contribution in [1.82, 2.24) is 24.4 Å². The second-order valence-corrected chi connectivity index (χ2v) is 8.36. The average molecular weight is 401 g/mol. The molecule has 2 saturated heterocycles. The monoisotopic (exact) mass is 401 g/mol. The van der Waals surface area contributed by atoms with Gasteiger partial charge in [-0.1, -0.05) is 11.8 Å². The normalized spacial score (nSPS) is 21.1. The summed E-state index contributed by atoms with van der Waals surface area (Å²) < 4.78 is 7.56. The molecule has 2 fully saturated rings. The lowest BCUT2D eigenvalue weighted by Crippen LogP contribution is -2.45. The summed E-state index contributed by atoms with van der Waals surface area (Å²) >= 11 is 1.35. The lowest BCUT2D eigenvalue weighted by Gasteiger charge is -2.36. The van der Waals surface area contributed by atoms with Crippen molar-refractivity contribution >= 4 is 23.6 Å². The number of carbonyl (C=O) groups excluding carboxylic acids is 2. The number of carbonyl (C=O) groups is 2. The number of imidazole rings is 1. The van der Waals surface area contributed by atoms with Crippen LogP contribution in [0.1, 0.15) is 25.0 Å². The Balaban J connectivity index is 1.29. The van der Waals surface area contributed by atoms with Crippen LogP contribution in [0.3, 0.4) is 0 Å². The third kappa shape index (κ3) is 4.04. The molecule has 1 amide bonds. The number of hydrogen-bond donors (Lipinski definition) is 0. The number of esters is 1. The van der Waals surface area contributed by atoms with E-state index in [0.29, 0.717) is 49.8 Å². The van der Waals surface area contributed by atoms with Crippen molar-refractivity contribution in [2.45, 2.75) is 44.0 Å². The number of hydrogen-bond acceptors (Lipinski definition) is 7. The van der Waals surface area contributed by atoms with Crippen LogP contribution in [0.5, 0.6) is 0 Å². The first-order valence-electron chi connectivity index (χ1n) is 9.41. The number of amides is 1. The number of piperidine rings is 1. The Morgan fingerprint density at radius 3 is 2.89 bits per heavy atom. The lowest BCUT2D eigenvalue weighted by atomic mass is 9.76. The molecule has 9 heteroatoms. The van der Waals surface area contributed by atoms with Crippen LogP contribution in [0.4, 0.5) is 0 Å². The first kappa shape index (κ1) is 18.9. The largest absolute Gasteiger partial charge is 0.460 e. The van der Waals surface area contributed by atoms with E-state index in [0.717, 1.165) is 5.69 Å². The van der Waals surface area contributed by atoms with Gasteiger partial charge in [-0.2, -0.15) is 0 Å². The van der Waals surface area contributed by atoms with E-state index in [9.17, 15) is 9.59 Å². The molecule has 2 aromatic rings. The van der Waals surface area contributed by atoms with Gasteiger partial charge in [-0.25, -0.2) is 15.0 Å². The van der Waals surface area contributed by atoms with Crippen molar-refractivity contribution in [3.63, 3.8) is 0 Å². The highest BCUT2D eigenvalue weighted by atomic mass is 32.2. The SMILES string of the molecule is Cc1ccnc(SCC(=O)N2CCC3(CC2)CC(Cn2ccnc2)OC3=O)n1. The van der Waals surface area contributed by atoms with E-state index in [4.69, 9.17) is 4.74 Å². The molecule has 1 atom stereocenters. The number of ether oxygens (including phenoxy) is 1. The number of likely N-dealkylation sites (tertiary alicyclic amines) is 1. The number of rotatable bonds is 5. The molecule has 0 bridgehead atoms. The fraction of sp³-hybridized carbons (Fsp3) is 0.526. The third-order valence-electron chi connectivity index (χ3n) is 5.47. The van der Waals surface area contributed by atoms with Gasteiger partial charge in [0.2, 0.25) is 5.91 Å². The Hall–Kier alpha value is -2.42. The number of nitrogens with zero attached hydrogens (tertiary/aromatic N) is 5. The van der Waals surface area contributed by atoms with Gasteiger partial charge in [-0.05, 0) is 25.8 Å². The predicted octanol–water partition coefficient (Wildman–Crippen LogP) is 1.70. The van der Waals surface area contributed by atoms with Crippen LogP contribution in [0.2, 0.25) is 0 Å². The van der Waals surface area contributed by atoms with Crippen molar-refractivity contribution in [2.24, 2.45) is 5.41 Å². The van der Waals surface area contributed by atoms with Crippen molar-refractivity contribution in [3.8, 4) is 0 Å². The van der Waals surface area contributed by atoms with Crippen molar-refractivity contribution in [2.75, 3.05) is 18.8 Å². The van der Waals surface area contributed by atoms with Crippen LogP contribution >= 0.6 is 11.8 Å². The van der Waals surface area contributed by atoms with Crippen LogP contribution in [-0.2, 0) is 20.9 Å². The summed E-state index contributed by atoms with van der Waals surface area (Å²) in [7, 11) is 0. The molecule has 8 nitrogen and oxygen atoms in total. The lowest BCUT2D eigenvalue weighted by molar-refractivity contribution is -0.152. The molecule has 2 aliphatic heterocycles. The summed E-state index contributed by atoms with van der Waals surface area (Å²) in [6.07, 6.45) is 8.91. The van der Waals surface area contributed by atoms with Gasteiger partial charge in [0, 0.05) is 43.8 Å². The predicted molar refractivity (Wildman–Crippen MR) is 102 cm³/mol. The molecule has 148 valence electrons. The van der Waals surface area contributed by atoms with Gasteiger partial charge in [-0.15, -0.1) is 0 Å². The third-order valence-corrected chi connectivity index (χ3v) is 6.32. The first-order valence-corrected chi connectivity index (χ1v) is 10.4. The zero-order chi connectivity index (χ0) is 19.6. The maximum absolute atomic E-state index is 12.5. The summed E-state index contributed by atoms with van der Waals surface area (Å²) in [5, 5.41) is 0.614. The van der Waals surface area contributed by atoms with Gasteiger partial charge in [0.25, 0.3) is 0 Å². The summed E-state index contributed by atoms with van der Waals surface area (Å²) in [6, 6.07) is 1.83. The molecule has 0 N–H and O–H groups in total. The fourth-order valence-electron chi connectivity index (χ4n) is 3.87. The topological polar surface area (TPSA) is 90.2 Å². The summed E-state index contributed by atoms with van der Waals surface area (Å²) in [6.45, 7) is 3.70. The minimum absolute atomic E-state index is 0.0614. The number of cyclic esters (lactones) is 1. The molecule has 2 aliphatic rings. The second kappa shape index (κ2) is 7.90. The number of aryl methyl sites for hydroxylation is 1. The van der Waals surface area contributed by atoms with E-state index in [2.05, 4.69) is 15.0 Å². The van der Waals surface area contributed by atoms with Gasteiger partial charge in [0.05, 0.1) is 24.0 Å². The summed E-state index contributed by atoms with van der Waals surface area (Å²) in [4.78, 5) is 39.4. The highest BCUT2D eigenvalue weighted by Crippen LogP contribution is 2.43. The van der Waals surface area contributed by atoms with E-state index in [1.807, 2.05) is 28.7 Å². The first-order chi connectivity index (χ1) is 13.5. The fourth-order valence-corrected chi connectivity index (χ4v) is 4.65. The van der Waals surface area contributed by atoms with E-state index in [1.165, 1.54) is 11.8 Å². The van der Waals surface area contributed by atoms with Gasteiger partial charge >= 0.3 is 5.97 Å². The highest BCUT2D eigenvalue weighted by Gasteiger charge is 2.50. The maximum atomic E-state index is 12.5. The standard InChI is InChI=1S/C19H23N5O3S/c1-14-2-5-21-18(22-14)28-12-16(25)24-7-3-19(4-8-24)10-15(27-17(19)26)11-23-9-6-20-13-23/h2,5-6,9,13,15H,3-4,7-8,10-12H2,1H3. The number of aromatic nitrogens is 4. The number of thioether (sulfide) groups is 1. The zero-order valence-electron chi connectivity index (χ0n) is 15.8. The molecule has 4 heterocycles. The zero-order valence-corrected chi connectivity index (χ0v) is 16.6. The van der Waals surface area contributed by atoms with Crippen LogP contribution < -0.4 is 0 Å². The van der Waals surface area contributed by atoms with E-state index < -0.39 is 5.41 Å². The van der Waals surface area contributed by atoms with Crippen molar-refractivity contribution < 1.29 is 14.3 Å². The molecule has 0 radical (unpaired) electrons. The molecule has 28 heavy (non-hydrogen) atoms. The molecule has 1 spiro atoms. The van der Waals surface area contributed by atoms with Gasteiger partial charge in [0.1, 0.15) is 6.10 Å². The Kier molecular flexibility index (Phi) is 5.34. The molecular formula is C19H23N5O3S. The summed E-state index contributed by atoms with van der Waals surface area (Å²) in [5.41, 5.74) is 0.435. The quantitative estimate of drug-likeness (QED) is 0.428. The minimum atomic E-state index is -0.450. The highest BCUT2D eigenvalue weighted by molar-refractivity contribution is 7.99. The Bertz CT molecular complexity index is 849. The summed E-state index contributed by atoms with van der Waals surface area (Å²) in [5.74, 6) is 0.253. The minimum Gasteiger partial charge on any atom is -0.460 e. The second-order valence-electron chi connectivity index (χ2n) is 7.42. The van der Waals surface area contributed by atoms with E-state index in [1.54, 1.807) is 18.7 Å². The average Bonchev–Trinajstić information content (AvgIpc) is 3.29. The van der Waals surface area contributed by atoms with Crippen LogP contribution in [0, 0.1) is 12.3 Å². The van der Waals surface area contributed by atoms with Crippen molar-refractivity contribution in [1.29, 1.82) is 0 Å². The van der Waals surface area contributed by atoms with Crippen LogP contribution in [0.15, 0.2) is 36.1 Å². The van der Waals surface area contributed by atoms with Gasteiger partial charge in [0.15, 0.2) is 5.16 Å². The van der Waals surface area contributed by atoms with E-state index in [-0.39, 0.29) is 18.0 Å². The smallest absolute Gasteiger partial charge is 0.312 e. The maximum Gasteiger partial charge on any atom is 0.312 e. The molecular weight excluding hydrogens is 378 g/mol. The molecule has 4 rings (SSSR count). The van der Waals surface area contributed by atoms with Gasteiger partial charge < -0.3 is 14.2 Å². The molecule has 0 aliphatic carbocycles. The van der Waals surface area contributed by atoms with Gasteiger partial charge in [-0.3, -0.25) is 9.59 Å². The Morgan fingerprint density at radius 2 is 2.18 bits per heavy atom. The Labute approximate surface area is 167 Å². The Morgan fingerprint density at radius 1 is 1.36 bits per heavy atom.